The maximum Gasteiger partial charge on any atom is 0.416 e. The van der Waals surface area contributed by atoms with Gasteiger partial charge in [0.1, 0.15) is 11.5 Å². The van der Waals surface area contributed by atoms with Crippen LogP contribution in [0.4, 0.5) is 13.2 Å². The minimum atomic E-state index is -4.58. The molecule has 0 radical (unpaired) electrons. The predicted octanol–water partition coefficient (Wildman–Crippen LogP) is 2.68. The van der Waals surface area contributed by atoms with E-state index < -0.39 is 36.0 Å². The highest BCUT2D eigenvalue weighted by molar-refractivity contribution is 6.65. The minimum absolute atomic E-state index is 0.173. The van der Waals surface area contributed by atoms with Gasteiger partial charge in [0.2, 0.25) is 0 Å². The molecule has 0 aliphatic carbocycles. The zero-order valence-electron chi connectivity index (χ0n) is 14.5. The van der Waals surface area contributed by atoms with Gasteiger partial charge in [0, 0.05) is 0 Å². The number of nitrogens with zero attached hydrogens (tertiary/aromatic N) is 1. The largest absolute Gasteiger partial charge is 0.416 e. The van der Waals surface area contributed by atoms with Gasteiger partial charge in [-0.15, -0.1) is 0 Å². The van der Waals surface area contributed by atoms with Crippen LogP contribution < -0.4 is 5.32 Å². The first-order chi connectivity index (χ1) is 11.4. The van der Waals surface area contributed by atoms with Crippen molar-refractivity contribution in [1.29, 1.82) is 10.8 Å². The summed E-state index contributed by atoms with van der Waals surface area (Å²) in [6, 6.07) is -0.972. The first-order valence-electron chi connectivity index (χ1n) is 7.58. The van der Waals surface area contributed by atoms with Crippen LogP contribution in [-0.4, -0.2) is 45.7 Å². The summed E-state index contributed by atoms with van der Waals surface area (Å²) in [6.45, 7) is 4.57. The first-order valence-corrected chi connectivity index (χ1v) is 7.58. The molecule has 1 aromatic rings. The molecule has 4 N–H and O–H groups in total. The molecule has 0 spiro atoms. The Morgan fingerprint density at radius 2 is 2.00 bits per heavy atom. The van der Waals surface area contributed by atoms with Crippen molar-refractivity contribution < 1.29 is 22.7 Å². The van der Waals surface area contributed by atoms with Crippen molar-refractivity contribution >= 4 is 17.3 Å². The number of hydrogen-bond donors (Lipinski definition) is 4. The maximum atomic E-state index is 12.9. The number of carbonyl (C=O) groups excluding carboxylic acids is 1. The summed E-state index contributed by atoms with van der Waals surface area (Å²) in [4.78, 5) is 18.8. The number of aromatic nitrogens is 2. The molecule has 0 bridgehead atoms. The Balaban J connectivity index is 2.94. The number of nitrogens with one attached hydrogen (secondary N) is 4. The average molecular weight is 361 g/mol. The molecular formula is C15H22F3N5O2. The molecular weight excluding hydrogens is 339 g/mol. The second-order valence-electron chi connectivity index (χ2n) is 5.98. The van der Waals surface area contributed by atoms with Crippen molar-refractivity contribution in [2.75, 3.05) is 6.61 Å². The summed E-state index contributed by atoms with van der Waals surface area (Å²) >= 11 is 0. The van der Waals surface area contributed by atoms with E-state index in [-0.39, 0.29) is 12.1 Å². The predicted molar refractivity (Wildman–Crippen MR) is 86.0 cm³/mol. The lowest BCUT2D eigenvalue weighted by atomic mass is 10.1. The van der Waals surface area contributed by atoms with Gasteiger partial charge in [0.05, 0.1) is 30.3 Å². The molecule has 10 heteroatoms. The van der Waals surface area contributed by atoms with E-state index in [4.69, 9.17) is 15.6 Å². The lowest BCUT2D eigenvalue weighted by Crippen LogP contribution is -2.45. The standard InChI is InChI=1S/C15H22F3N5O2/c1-5-9(19)12(20)13(24)23-11(10-6-21-8(2)22-10)7-25-14(3,4)15(16,17)18/h6,11,19-20H,5,7H2,1-4H3,(H,21,22)(H,23,24). The Hall–Kier alpha value is -2.23. The Kier molecular flexibility index (Phi) is 6.47. The number of aromatic amines is 1. The third kappa shape index (κ3) is 5.38. The Morgan fingerprint density at radius 1 is 1.40 bits per heavy atom. The summed E-state index contributed by atoms with van der Waals surface area (Å²) in [5.41, 5.74) is -2.78. The van der Waals surface area contributed by atoms with Gasteiger partial charge in [-0.05, 0) is 27.2 Å². The van der Waals surface area contributed by atoms with Crippen molar-refractivity contribution in [2.45, 2.75) is 51.9 Å². The lowest BCUT2D eigenvalue weighted by molar-refractivity contribution is -0.265. The monoisotopic (exact) mass is 361 g/mol. The number of hydrogen-bond acceptors (Lipinski definition) is 5. The molecule has 140 valence electrons. The fraction of sp³-hybridized carbons (Fsp3) is 0.600. The summed E-state index contributed by atoms with van der Waals surface area (Å²) < 4.78 is 43.8. The van der Waals surface area contributed by atoms with Gasteiger partial charge < -0.3 is 20.4 Å². The molecule has 0 aliphatic rings. The van der Waals surface area contributed by atoms with Crippen molar-refractivity contribution in [1.82, 2.24) is 15.3 Å². The molecule has 0 fully saturated rings. The number of halogens is 3. The summed E-state index contributed by atoms with van der Waals surface area (Å²) in [5.74, 6) is -0.349. The van der Waals surface area contributed by atoms with Gasteiger partial charge in [0.25, 0.3) is 5.91 Å². The summed E-state index contributed by atoms with van der Waals surface area (Å²) in [7, 11) is 0. The molecule has 0 aromatic carbocycles. The third-order valence-electron chi connectivity index (χ3n) is 3.58. The molecule has 0 saturated heterocycles. The van der Waals surface area contributed by atoms with Crippen LogP contribution in [0.1, 0.15) is 44.8 Å². The van der Waals surface area contributed by atoms with Gasteiger partial charge in [-0.1, -0.05) is 6.92 Å². The van der Waals surface area contributed by atoms with Crippen LogP contribution in [0.2, 0.25) is 0 Å². The number of H-pyrrole nitrogens is 1. The number of aryl methyl sites for hydroxylation is 1. The minimum Gasteiger partial charge on any atom is -0.364 e. The second kappa shape index (κ2) is 7.77. The lowest BCUT2D eigenvalue weighted by Gasteiger charge is -2.30. The van der Waals surface area contributed by atoms with E-state index in [1.807, 2.05) is 0 Å². The highest BCUT2D eigenvalue weighted by Gasteiger charge is 2.48. The summed E-state index contributed by atoms with van der Waals surface area (Å²) in [5, 5.41) is 17.6. The molecule has 7 nitrogen and oxygen atoms in total. The number of imidazole rings is 1. The molecule has 1 amide bonds. The Bertz CT molecular complexity index is 652. The molecule has 1 heterocycles. The van der Waals surface area contributed by atoms with Crippen LogP contribution >= 0.6 is 0 Å². The zero-order valence-corrected chi connectivity index (χ0v) is 14.5. The van der Waals surface area contributed by atoms with Crippen molar-refractivity contribution in [3.05, 3.63) is 17.7 Å². The SMILES string of the molecule is CCC(=N)C(=N)C(=O)NC(COC(C)(C)C(F)(F)F)c1cnc(C)[nH]1. The summed E-state index contributed by atoms with van der Waals surface area (Å²) in [6.07, 6.45) is -3.01. The van der Waals surface area contributed by atoms with Crippen LogP contribution in [0.25, 0.3) is 0 Å². The average Bonchev–Trinajstić information content (AvgIpc) is 2.94. The van der Waals surface area contributed by atoms with Crippen molar-refractivity contribution in [3.8, 4) is 0 Å². The van der Waals surface area contributed by atoms with Crippen molar-refractivity contribution in [3.63, 3.8) is 0 Å². The van der Waals surface area contributed by atoms with Crippen LogP contribution in [0.5, 0.6) is 0 Å². The fourth-order valence-corrected chi connectivity index (χ4v) is 1.74. The molecule has 1 unspecified atom stereocenters. The quantitative estimate of drug-likeness (QED) is 0.534. The van der Waals surface area contributed by atoms with Gasteiger partial charge in [-0.2, -0.15) is 13.2 Å². The zero-order chi connectivity index (χ0) is 19.4. The number of carbonyl (C=O) groups is 1. The first kappa shape index (κ1) is 20.8. The topological polar surface area (TPSA) is 115 Å². The smallest absolute Gasteiger partial charge is 0.364 e. The molecule has 1 aromatic heterocycles. The Labute approximate surface area is 143 Å². The number of rotatable bonds is 8. The van der Waals surface area contributed by atoms with Crippen LogP contribution in [-0.2, 0) is 9.53 Å². The van der Waals surface area contributed by atoms with Crippen LogP contribution in [0.15, 0.2) is 6.20 Å². The molecule has 25 heavy (non-hydrogen) atoms. The fourth-order valence-electron chi connectivity index (χ4n) is 1.74. The number of alkyl halides is 3. The van der Waals surface area contributed by atoms with Gasteiger partial charge in [0.15, 0.2) is 5.60 Å². The van der Waals surface area contributed by atoms with Gasteiger partial charge >= 0.3 is 6.18 Å². The molecule has 0 saturated carbocycles. The highest BCUT2D eigenvalue weighted by atomic mass is 19.4. The normalized spacial score (nSPS) is 13.4. The van der Waals surface area contributed by atoms with E-state index in [2.05, 4.69) is 15.3 Å². The van der Waals surface area contributed by atoms with E-state index in [1.165, 1.54) is 6.20 Å². The van der Waals surface area contributed by atoms with E-state index in [1.54, 1.807) is 13.8 Å². The van der Waals surface area contributed by atoms with E-state index in [0.29, 0.717) is 11.5 Å². The third-order valence-corrected chi connectivity index (χ3v) is 3.58. The van der Waals surface area contributed by atoms with Gasteiger partial charge in [-0.3, -0.25) is 10.2 Å². The molecule has 0 aliphatic heterocycles. The van der Waals surface area contributed by atoms with Crippen LogP contribution in [0, 0.1) is 17.7 Å². The molecule has 1 rings (SSSR count). The Morgan fingerprint density at radius 3 is 2.44 bits per heavy atom. The van der Waals surface area contributed by atoms with E-state index in [0.717, 1.165) is 13.8 Å². The number of ether oxygens (including phenoxy) is 1. The van der Waals surface area contributed by atoms with Crippen molar-refractivity contribution in [2.24, 2.45) is 0 Å². The molecule has 1 atom stereocenters. The van der Waals surface area contributed by atoms with E-state index >= 15 is 0 Å². The second-order valence-corrected chi connectivity index (χ2v) is 5.98. The van der Waals surface area contributed by atoms with Gasteiger partial charge in [-0.25, -0.2) is 4.98 Å². The van der Waals surface area contributed by atoms with Crippen LogP contribution in [0.3, 0.4) is 0 Å². The highest BCUT2D eigenvalue weighted by Crippen LogP contribution is 2.33. The maximum absolute atomic E-state index is 12.9. The number of amides is 1. The van der Waals surface area contributed by atoms with E-state index in [9.17, 15) is 18.0 Å².